The van der Waals surface area contributed by atoms with Gasteiger partial charge >= 0.3 is 0 Å². The Bertz CT molecular complexity index is 775. The molecule has 2 rings (SSSR count). The number of ether oxygens (including phenoxy) is 1. The molecule has 0 aliphatic carbocycles. The van der Waals surface area contributed by atoms with Crippen LogP contribution in [0.25, 0.3) is 0 Å². The van der Waals surface area contributed by atoms with Gasteiger partial charge in [-0.05, 0) is 48.9 Å². The quantitative estimate of drug-likeness (QED) is 0.395. The first-order chi connectivity index (χ1) is 13.2. The molecule has 0 saturated heterocycles. The SMILES string of the molecule is CCCCCCCc1ccc(C#Cc2ccc(OCCC)c(F)c2F)nc1. The van der Waals surface area contributed by atoms with Crippen molar-refractivity contribution in [3.8, 4) is 17.6 Å². The third-order valence-electron chi connectivity index (χ3n) is 4.23. The van der Waals surface area contributed by atoms with Crippen molar-refractivity contribution in [3.63, 3.8) is 0 Å². The van der Waals surface area contributed by atoms with Crippen LogP contribution in [0.15, 0.2) is 30.5 Å². The Kier molecular flexibility index (Phi) is 8.77. The summed E-state index contributed by atoms with van der Waals surface area (Å²) in [6, 6.07) is 6.66. The second-order valence-electron chi connectivity index (χ2n) is 6.55. The Morgan fingerprint density at radius 3 is 2.41 bits per heavy atom. The third kappa shape index (κ3) is 6.67. The van der Waals surface area contributed by atoms with Crippen LogP contribution in [0.2, 0.25) is 0 Å². The number of hydrogen-bond donors (Lipinski definition) is 0. The fourth-order valence-corrected chi connectivity index (χ4v) is 2.66. The zero-order valence-corrected chi connectivity index (χ0v) is 16.2. The lowest BCUT2D eigenvalue weighted by Crippen LogP contribution is -2.00. The molecular weight excluding hydrogens is 344 g/mol. The van der Waals surface area contributed by atoms with Gasteiger partial charge in [-0.15, -0.1) is 0 Å². The smallest absolute Gasteiger partial charge is 0.201 e. The number of nitrogens with zero attached hydrogens (tertiary/aromatic N) is 1. The zero-order chi connectivity index (χ0) is 19.5. The third-order valence-corrected chi connectivity index (χ3v) is 4.23. The van der Waals surface area contributed by atoms with Crippen molar-refractivity contribution in [1.82, 2.24) is 4.98 Å². The van der Waals surface area contributed by atoms with Crippen LogP contribution >= 0.6 is 0 Å². The molecule has 0 aliphatic heterocycles. The van der Waals surface area contributed by atoms with Crippen molar-refractivity contribution in [2.75, 3.05) is 6.61 Å². The average molecular weight is 371 g/mol. The van der Waals surface area contributed by atoms with Gasteiger partial charge in [0.05, 0.1) is 12.2 Å². The molecule has 1 aromatic carbocycles. The highest BCUT2D eigenvalue weighted by molar-refractivity contribution is 5.44. The Morgan fingerprint density at radius 2 is 1.70 bits per heavy atom. The molecule has 0 aliphatic rings. The highest BCUT2D eigenvalue weighted by Crippen LogP contribution is 2.22. The van der Waals surface area contributed by atoms with Gasteiger partial charge in [0.15, 0.2) is 11.6 Å². The van der Waals surface area contributed by atoms with Crippen molar-refractivity contribution in [2.24, 2.45) is 0 Å². The van der Waals surface area contributed by atoms with Gasteiger partial charge in [0.25, 0.3) is 0 Å². The standard InChI is InChI=1S/C23H27F2NO/c1-3-5-6-7-8-9-18-10-13-20(26-17-18)14-11-19-12-15-21(27-16-4-2)23(25)22(19)24/h10,12-13,15,17H,3-9,16H2,1-2H3. The number of aryl methyl sites for hydroxylation is 1. The van der Waals surface area contributed by atoms with E-state index in [9.17, 15) is 8.78 Å². The second-order valence-corrected chi connectivity index (χ2v) is 6.55. The molecule has 0 fully saturated rings. The van der Waals surface area contributed by atoms with Crippen LogP contribution in [0.3, 0.4) is 0 Å². The van der Waals surface area contributed by atoms with Crippen LogP contribution in [0.1, 0.15) is 69.2 Å². The maximum Gasteiger partial charge on any atom is 0.201 e. The van der Waals surface area contributed by atoms with Crippen molar-refractivity contribution < 1.29 is 13.5 Å². The van der Waals surface area contributed by atoms with Crippen molar-refractivity contribution in [2.45, 2.75) is 58.8 Å². The summed E-state index contributed by atoms with van der Waals surface area (Å²) in [4.78, 5) is 4.30. The molecule has 1 aromatic heterocycles. The van der Waals surface area contributed by atoms with E-state index < -0.39 is 11.6 Å². The lowest BCUT2D eigenvalue weighted by Gasteiger charge is -2.06. The Labute approximate surface area is 161 Å². The Hall–Kier alpha value is -2.41. The maximum atomic E-state index is 14.1. The lowest BCUT2D eigenvalue weighted by atomic mass is 10.1. The molecule has 0 saturated carbocycles. The van der Waals surface area contributed by atoms with E-state index in [1.807, 2.05) is 25.3 Å². The fourth-order valence-electron chi connectivity index (χ4n) is 2.66. The molecule has 0 spiro atoms. The number of hydrogen-bond acceptors (Lipinski definition) is 2. The molecule has 0 N–H and O–H groups in total. The molecule has 0 unspecified atom stereocenters. The van der Waals surface area contributed by atoms with Gasteiger partial charge in [-0.2, -0.15) is 4.39 Å². The minimum atomic E-state index is -0.998. The van der Waals surface area contributed by atoms with E-state index in [2.05, 4.69) is 23.7 Å². The van der Waals surface area contributed by atoms with E-state index in [0.29, 0.717) is 12.3 Å². The number of halogens is 2. The van der Waals surface area contributed by atoms with Crippen LogP contribution in [0.4, 0.5) is 8.78 Å². The van der Waals surface area contributed by atoms with Gasteiger partial charge in [0.1, 0.15) is 5.69 Å². The number of pyridine rings is 1. The lowest BCUT2D eigenvalue weighted by molar-refractivity contribution is 0.295. The van der Waals surface area contributed by atoms with E-state index in [4.69, 9.17) is 4.74 Å². The summed E-state index contributed by atoms with van der Waals surface area (Å²) < 4.78 is 33.3. The van der Waals surface area contributed by atoms with E-state index >= 15 is 0 Å². The Morgan fingerprint density at radius 1 is 0.889 bits per heavy atom. The molecule has 2 nitrogen and oxygen atoms in total. The largest absolute Gasteiger partial charge is 0.490 e. The van der Waals surface area contributed by atoms with Crippen LogP contribution in [0, 0.1) is 23.5 Å². The molecule has 144 valence electrons. The maximum absolute atomic E-state index is 14.1. The second kappa shape index (κ2) is 11.3. The number of aromatic nitrogens is 1. The predicted molar refractivity (Wildman–Crippen MR) is 105 cm³/mol. The summed E-state index contributed by atoms with van der Waals surface area (Å²) in [7, 11) is 0. The molecule has 27 heavy (non-hydrogen) atoms. The first-order valence-electron chi connectivity index (χ1n) is 9.73. The van der Waals surface area contributed by atoms with E-state index in [0.717, 1.165) is 19.3 Å². The molecule has 4 heteroatoms. The Balaban J connectivity index is 1.98. The van der Waals surface area contributed by atoms with Crippen molar-refractivity contribution >= 4 is 0 Å². The summed E-state index contributed by atoms with van der Waals surface area (Å²) >= 11 is 0. The highest BCUT2D eigenvalue weighted by atomic mass is 19.2. The minimum absolute atomic E-state index is 0.00171. The molecule has 0 amide bonds. The summed E-state index contributed by atoms with van der Waals surface area (Å²) in [5.41, 5.74) is 1.71. The van der Waals surface area contributed by atoms with Crippen molar-refractivity contribution in [3.05, 3.63) is 58.9 Å². The van der Waals surface area contributed by atoms with E-state index in [-0.39, 0.29) is 11.3 Å². The van der Waals surface area contributed by atoms with Gasteiger partial charge < -0.3 is 4.74 Å². The van der Waals surface area contributed by atoms with Gasteiger partial charge in [-0.1, -0.05) is 51.5 Å². The zero-order valence-electron chi connectivity index (χ0n) is 16.2. The molecule has 0 atom stereocenters. The number of unbranched alkanes of at least 4 members (excludes halogenated alkanes) is 4. The fraction of sp³-hybridized carbons (Fsp3) is 0.435. The first-order valence-corrected chi connectivity index (χ1v) is 9.73. The predicted octanol–water partition coefficient (Wildman–Crippen LogP) is 6.06. The monoisotopic (exact) mass is 371 g/mol. The minimum Gasteiger partial charge on any atom is -0.490 e. The summed E-state index contributed by atoms with van der Waals surface area (Å²) in [6.07, 6.45) is 9.73. The molecule has 0 bridgehead atoms. The molecule has 0 radical (unpaired) electrons. The number of rotatable bonds is 9. The molecule has 2 aromatic rings. The molecule has 1 heterocycles. The molecular formula is C23H27F2NO. The normalized spacial score (nSPS) is 10.4. The van der Waals surface area contributed by atoms with Crippen molar-refractivity contribution in [1.29, 1.82) is 0 Å². The summed E-state index contributed by atoms with van der Waals surface area (Å²) in [6.45, 7) is 4.45. The highest BCUT2D eigenvalue weighted by Gasteiger charge is 2.13. The van der Waals surface area contributed by atoms with Gasteiger partial charge in [-0.25, -0.2) is 9.37 Å². The summed E-state index contributed by atoms with van der Waals surface area (Å²) in [5, 5.41) is 0. The average Bonchev–Trinajstić information content (AvgIpc) is 2.69. The van der Waals surface area contributed by atoms with Gasteiger partial charge in [0.2, 0.25) is 5.82 Å². The van der Waals surface area contributed by atoms with Gasteiger partial charge in [0, 0.05) is 6.20 Å². The first kappa shape index (κ1) is 20.9. The number of benzene rings is 1. The van der Waals surface area contributed by atoms with Crippen LogP contribution < -0.4 is 4.74 Å². The van der Waals surface area contributed by atoms with E-state index in [1.165, 1.54) is 43.4 Å². The van der Waals surface area contributed by atoms with E-state index in [1.54, 1.807) is 0 Å². The van der Waals surface area contributed by atoms with Crippen LogP contribution in [-0.4, -0.2) is 11.6 Å². The van der Waals surface area contributed by atoms with Crippen LogP contribution in [0.5, 0.6) is 5.75 Å². The van der Waals surface area contributed by atoms with Crippen LogP contribution in [-0.2, 0) is 6.42 Å². The summed E-state index contributed by atoms with van der Waals surface area (Å²) in [5.74, 6) is 3.38. The van der Waals surface area contributed by atoms with Gasteiger partial charge in [-0.3, -0.25) is 0 Å². The topological polar surface area (TPSA) is 22.1 Å².